The Morgan fingerprint density at radius 3 is 2.78 bits per heavy atom. The van der Waals surface area contributed by atoms with E-state index in [0.29, 0.717) is 24.7 Å². The number of halogens is 1. The van der Waals surface area contributed by atoms with Crippen LogP contribution in [0.15, 0.2) is 12.1 Å². The molecule has 0 aromatic heterocycles. The van der Waals surface area contributed by atoms with E-state index in [2.05, 4.69) is 22.6 Å². The SMILES string of the molecule is COCCCOc1cc(C=O)cc(C2CC2)c1I. The van der Waals surface area contributed by atoms with Gasteiger partial charge in [-0.3, -0.25) is 4.79 Å². The summed E-state index contributed by atoms with van der Waals surface area (Å²) < 4.78 is 11.9. The van der Waals surface area contributed by atoms with Crippen LogP contribution in [-0.2, 0) is 4.74 Å². The summed E-state index contributed by atoms with van der Waals surface area (Å²) in [4.78, 5) is 11.0. The van der Waals surface area contributed by atoms with Crippen molar-refractivity contribution in [1.82, 2.24) is 0 Å². The first-order valence-corrected chi connectivity index (χ1v) is 7.24. The van der Waals surface area contributed by atoms with E-state index in [-0.39, 0.29) is 0 Å². The lowest BCUT2D eigenvalue weighted by Crippen LogP contribution is -2.04. The predicted molar refractivity (Wildman–Crippen MR) is 78.5 cm³/mol. The van der Waals surface area contributed by atoms with Gasteiger partial charge in [-0.05, 0) is 59.0 Å². The highest BCUT2D eigenvalue weighted by Crippen LogP contribution is 2.44. The third-order valence-corrected chi connectivity index (χ3v) is 4.15. The molecule has 0 bridgehead atoms. The number of carbonyl (C=O) groups excluding carboxylic acids is 1. The van der Waals surface area contributed by atoms with Gasteiger partial charge in [0.15, 0.2) is 0 Å². The number of carbonyl (C=O) groups is 1. The maximum absolute atomic E-state index is 11.0. The van der Waals surface area contributed by atoms with Gasteiger partial charge >= 0.3 is 0 Å². The molecule has 0 aliphatic heterocycles. The standard InChI is InChI=1S/C14H17IO3/c1-17-5-2-6-18-13-8-10(9-16)7-12(14(13)15)11-3-4-11/h7-9,11H,2-6H2,1H3. The topological polar surface area (TPSA) is 35.5 Å². The van der Waals surface area contributed by atoms with Crippen LogP contribution in [-0.4, -0.2) is 26.6 Å². The molecular weight excluding hydrogens is 343 g/mol. The van der Waals surface area contributed by atoms with Crippen molar-refractivity contribution >= 4 is 28.9 Å². The van der Waals surface area contributed by atoms with Gasteiger partial charge in [-0.15, -0.1) is 0 Å². The molecular formula is C14H17IO3. The zero-order chi connectivity index (χ0) is 13.0. The molecule has 0 unspecified atom stereocenters. The van der Waals surface area contributed by atoms with E-state index in [1.807, 2.05) is 12.1 Å². The molecule has 1 saturated carbocycles. The van der Waals surface area contributed by atoms with Crippen molar-refractivity contribution in [2.45, 2.75) is 25.2 Å². The minimum Gasteiger partial charge on any atom is -0.492 e. The largest absolute Gasteiger partial charge is 0.492 e. The first-order valence-electron chi connectivity index (χ1n) is 6.16. The molecule has 0 atom stereocenters. The number of rotatable bonds is 7. The summed E-state index contributed by atoms with van der Waals surface area (Å²) in [5.41, 5.74) is 1.97. The average Bonchev–Trinajstić information content (AvgIpc) is 3.20. The van der Waals surface area contributed by atoms with Crippen molar-refractivity contribution in [2.24, 2.45) is 0 Å². The molecule has 1 aromatic rings. The van der Waals surface area contributed by atoms with Gasteiger partial charge in [-0.2, -0.15) is 0 Å². The van der Waals surface area contributed by atoms with Crippen LogP contribution in [0.1, 0.15) is 41.1 Å². The van der Waals surface area contributed by atoms with Crippen molar-refractivity contribution in [3.05, 3.63) is 26.8 Å². The second kappa shape index (κ2) is 6.52. The van der Waals surface area contributed by atoms with Crippen LogP contribution < -0.4 is 4.74 Å². The minimum atomic E-state index is 0.621. The van der Waals surface area contributed by atoms with Gasteiger partial charge in [0.05, 0.1) is 10.2 Å². The Bertz CT molecular complexity index is 427. The van der Waals surface area contributed by atoms with Crippen LogP contribution in [0.2, 0.25) is 0 Å². The number of benzene rings is 1. The van der Waals surface area contributed by atoms with Crippen molar-refractivity contribution in [3.8, 4) is 5.75 Å². The van der Waals surface area contributed by atoms with E-state index in [4.69, 9.17) is 9.47 Å². The first-order chi connectivity index (χ1) is 8.76. The van der Waals surface area contributed by atoms with Crippen molar-refractivity contribution in [3.63, 3.8) is 0 Å². The van der Waals surface area contributed by atoms with E-state index < -0.39 is 0 Å². The van der Waals surface area contributed by atoms with E-state index in [9.17, 15) is 4.79 Å². The molecule has 1 aromatic carbocycles. The fraction of sp³-hybridized carbons (Fsp3) is 0.500. The summed E-state index contributed by atoms with van der Waals surface area (Å²) in [6.07, 6.45) is 4.20. The summed E-state index contributed by atoms with van der Waals surface area (Å²) in [6, 6.07) is 3.82. The molecule has 4 heteroatoms. The summed E-state index contributed by atoms with van der Waals surface area (Å²) in [5, 5.41) is 0. The lowest BCUT2D eigenvalue weighted by molar-refractivity contribution is 0.112. The average molecular weight is 360 g/mol. The molecule has 18 heavy (non-hydrogen) atoms. The molecule has 1 fully saturated rings. The molecule has 0 radical (unpaired) electrons. The second-order valence-corrected chi connectivity index (χ2v) is 5.59. The van der Waals surface area contributed by atoms with E-state index in [1.54, 1.807) is 7.11 Å². The normalized spacial score (nSPS) is 14.6. The zero-order valence-corrected chi connectivity index (χ0v) is 12.6. The van der Waals surface area contributed by atoms with Crippen molar-refractivity contribution in [2.75, 3.05) is 20.3 Å². The lowest BCUT2D eigenvalue weighted by Gasteiger charge is -2.12. The quantitative estimate of drug-likeness (QED) is 0.425. The van der Waals surface area contributed by atoms with Gasteiger partial charge in [0.2, 0.25) is 0 Å². The summed E-state index contributed by atoms with van der Waals surface area (Å²) >= 11 is 2.32. The number of hydrogen-bond acceptors (Lipinski definition) is 3. The molecule has 0 amide bonds. The van der Waals surface area contributed by atoms with Crippen molar-refractivity contribution < 1.29 is 14.3 Å². The highest BCUT2D eigenvalue weighted by molar-refractivity contribution is 14.1. The Labute approximate surface area is 121 Å². The molecule has 0 saturated heterocycles. The van der Waals surface area contributed by atoms with Gasteiger partial charge < -0.3 is 9.47 Å². The molecule has 1 aliphatic carbocycles. The fourth-order valence-electron chi connectivity index (χ4n) is 1.89. The molecule has 2 rings (SSSR count). The predicted octanol–water partition coefficient (Wildman–Crippen LogP) is 3.40. The van der Waals surface area contributed by atoms with Crippen LogP contribution in [0.25, 0.3) is 0 Å². The number of hydrogen-bond donors (Lipinski definition) is 0. The highest BCUT2D eigenvalue weighted by Gasteiger charge is 2.27. The van der Waals surface area contributed by atoms with Gasteiger partial charge in [0.25, 0.3) is 0 Å². The van der Waals surface area contributed by atoms with E-state index in [0.717, 1.165) is 22.0 Å². The van der Waals surface area contributed by atoms with Gasteiger partial charge in [0, 0.05) is 25.7 Å². The molecule has 3 nitrogen and oxygen atoms in total. The summed E-state index contributed by atoms with van der Waals surface area (Å²) in [6.45, 7) is 1.32. The van der Waals surface area contributed by atoms with Gasteiger partial charge in [0.1, 0.15) is 12.0 Å². The smallest absolute Gasteiger partial charge is 0.150 e. The third-order valence-electron chi connectivity index (χ3n) is 2.99. The maximum Gasteiger partial charge on any atom is 0.150 e. The highest BCUT2D eigenvalue weighted by atomic mass is 127. The van der Waals surface area contributed by atoms with Crippen LogP contribution in [0.5, 0.6) is 5.75 Å². The van der Waals surface area contributed by atoms with Crippen LogP contribution in [0, 0.1) is 3.57 Å². The molecule has 0 N–H and O–H groups in total. The van der Waals surface area contributed by atoms with Crippen molar-refractivity contribution in [1.29, 1.82) is 0 Å². The first kappa shape index (κ1) is 13.8. The fourth-order valence-corrected chi connectivity index (χ4v) is 2.80. The zero-order valence-electron chi connectivity index (χ0n) is 10.4. The molecule has 98 valence electrons. The monoisotopic (exact) mass is 360 g/mol. The number of ether oxygens (including phenoxy) is 2. The van der Waals surface area contributed by atoms with E-state index >= 15 is 0 Å². The van der Waals surface area contributed by atoms with Crippen LogP contribution in [0.4, 0.5) is 0 Å². The minimum absolute atomic E-state index is 0.621. The number of aldehydes is 1. The number of methoxy groups -OCH3 is 1. The second-order valence-electron chi connectivity index (χ2n) is 4.51. The maximum atomic E-state index is 11.0. The lowest BCUT2D eigenvalue weighted by atomic mass is 10.1. The Balaban J connectivity index is 2.11. The van der Waals surface area contributed by atoms with E-state index in [1.165, 1.54) is 18.4 Å². The third kappa shape index (κ3) is 3.45. The molecule has 0 spiro atoms. The Kier molecular flexibility index (Phi) is 5.00. The Morgan fingerprint density at radius 1 is 1.39 bits per heavy atom. The Morgan fingerprint density at radius 2 is 2.17 bits per heavy atom. The molecule has 0 heterocycles. The van der Waals surface area contributed by atoms with Gasteiger partial charge in [-0.25, -0.2) is 0 Å². The van der Waals surface area contributed by atoms with Crippen LogP contribution >= 0.6 is 22.6 Å². The van der Waals surface area contributed by atoms with Gasteiger partial charge in [-0.1, -0.05) is 0 Å². The molecule has 1 aliphatic rings. The summed E-state index contributed by atoms with van der Waals surface area (Å²) in [5.74, 6) is 1.45. The summed E-state index contributed by atoms with van der Waals surface area (Å²) in [7, 11) is 1.68. The van der Waals surface area contributed by atoms with Crippen LogP contribution in [0.3, 0.4) is 0 Å². The Hall–Kier alpha value is -0.620.